The Balaban J connectivity index is 2.10. The summed E-state index contributed by atoms with van der Waals surface area (Å²) in [5, 5.41) is 5.29. The van der Waals surface area contributed by atoms with Gasteiger partial charge in [0.25, 0.3) is 0 Å². The van der Waals surface area contributed by atoms with Crippen LogP contribution >= 0.6 is 0 Å². The second-order valence-electron chi connectivity index (χ2n) is 5.21. The Morgan fingerprint density at radius 3 is 2.00 bits per heavy atom. The molecule has 1 heteroatoms. The van der Waals surface area contributed by atoms with Crippen LogP contribution in [0, 0.1) is 0 Å². The number of hydrogen-bond acceptors (Lipinski definition) is 1. The number of carbonyl (C=O) groups is 1. The van der Waals surface area contributed by atoms with Crippen LogP contribution in [-0.2, 0) is 11.2 Å². The number of benzene rings is 3. The van der Waals surface area contributed by atoms with Gasteiger partial charge in [-0.05, 0) is 52.4 Å². The largest absolute Gasteiger partial charge is 0.303 e. The molecule has 3 aromatic carbocycles. The number of aryl methyl sites for hydroxylation is 1. The zero-order valence-electron chi connectivity index (χ0n) is 11.5. The fourth-order valence-corrected chi connectivity index (χ4v) is 2.91. The number of aldehydes is 1. The van der Waals surface area contributed by atoms with Gasteiger partial charge in [0.05, 0.1) is 0 Å². The van der Waals surface area contributed by atoms with E-state index in [9.17, 15) is 4.79 Å². The van der Waals surface area contributed by atoms with Gasteiger partial charge in [-0.25, -0.2) is 0 Å². The minimum atomic E-state index is 0.669. The molecule has 100 valence electrons. The van der Waals surface area contributed by atoms with Crippen molar-refractivity contribution in [3.8, 4) is 0 Å². The molecule has 0 aliphatic rings. The molecule has 0 saturated heterocycles. The number of unbranched alkanes of at least 4 members (excludes halogenated alkanes) is 2. The second kappa shape index (κ2) is 5.87. The van der Waals surface area contributed by atoms with E-state index in [0.717, 1.165) is 25.5 Å². The van der Waals surface area contributed by atoms with Crippen LogP contribution in [0.2, 0.25) is 0 Å². The summed E-state index contributed by atoms with van der Waals surface area (Å²) in [4.78, 5) is 10.4. The maximum Gasteiger partial charge on any atom is 0.119 e. The van der Waals surface area contributed by atoms with Gasteiger partial charge in [-0.3, -0.25) is 0 Å². The molecular formula is C19H18O. The highest BCUT2D eigenvalue weighted by Gasteiger charge is 2.06. The van der Waals surface area contributed by atoms with Crippen molar-refractivity contribution in [3.05, 3.63) is 60.2 Å². The van der Waals surface area contributed by atoms with E-state index in [0.29, 0.717) is 6.42 Å². The molecule has 0 unspecified atom stereocenters. The normalized spacial score (nSPS) is 11.0. The Labute approximate surface area is 119 Å². The summed E-state index contributed by atoms with van der Waals surface area (Å²) in [6.45, 7) is 0. The lowest BCUT2D eigenvalue weighted by Crippen LogP contribution is -1.91. The molecule has 3 aromatic rings. The van der Waals surface area contributed by atoms with Gasteiger partial charge in [0, 0.05) is 6.42 Å². The molecule has 0 bridgehead atoms. The van der Waals surface area contributed by atoms with Crippen molar-refractivity contribution in [2.24, 2.45) is 0 Å². The van der Waals surface area contributed by atoms with Crippen molar-refractivity contribution >= 4 is 27.8 Å². The van der Waals surface area contributed by atoms with E-state index in [4.69, 9.17) is 0 Å². The van der Waals surface area contributed by atoms with Crippen LogP contribution in [0.15, 0.2) is 54.6 Å². The van der Waals surface area contributed by atoms with E-state index in [2.05, 4.69) is 54.6 Å². The smallest absolute Gasteiger partial charge is 0.119 e. The molecular weight excluding hydrogens is 244 g/mol. The summed E-state index contributed by atoms with van der Waals surface area (Å²) in [5.41, 5.74) is 1.42. The van der Waals surface area contributed by atoms with Gasteiger partial charge in [-0.1, -0.05) is 48.5 Å². The van der Waals surface area contributed by atoms with E-state index >= 15 is 0 Å². The number of fused-ring (bicyclic) bond motifs is 2. The molecule has 0 heterocycles. The third-order valence-electron chi connectivity index (χ3n) is 3.88. The fourth-order valence-electron chi connectivity index (χ4n) is 2.91. The van der Waals surface area contributed by atoms with E-state index in [-0.39, 0.29) is 0 Å². The molecule has 0 fully saturated rings. The third-order valence-corrected chi connectivity index (χ3v) is 3.88. The van der Waals surface area contributed by atoms with Crippen LogP contribution in [0.4, 0.5) is 0 Å². The van der Waals surface area contributed by atoms with Crippen LogP contribution in [0.3, 0.4) is 0 Å². The van der Waals surface area contributed by atoms with Crippen molar-refractivity contribution < 1.29 is 4.79 Å². The van der Waals surface area contributed by atoms with Gasteiger partial charge in [0.2, 0.25) is 0 Å². The topological polar surface area (TPSA) is 17.1 Å². The predicted molar refractivity (Wildman–Crippen MR) is 85.1 cm³/mol. The van der Waals surface area contributed by atoms with E-state index in [1.807, 2.05) is 0 Å². The van der Waals surface area contributed by atoms with E-state index in [1.165, 1.54) is 27.1 Å². The molecule has 0 saturated carbocycles. The number of rotatable bonds is 5. The van der Waals surface area contributed by atoms with Crippen molar-refractivity contribution in [2.75, 3.05) is 0 Å². The first kappa shape index (κ1) is 12.9. The predicted octanol–water partition coefficient (Wildman–Crippen LogP) is 4.90. The third kappa shape index (κ3) is 2.44. The molecule has 0 aliphatic heterocycles. The lowest BCUT2D eigenvalue weighted by Gasteiger charge is -2.11. The summed E-state index contributed by atoms with van der Waals surface area (Å²) >= 11 is 0. The minimum absolute atomic E-state index is 0.669. The molecule has 0 radical (unpaired) electrons. The van der Waals surface area contributed by atoms with Crippen LogP contribution in [0.25, 0.3) is 21.5 Å². The summed E-state index contributed by atoms with van der Waals surface area (Å²) in [6.07, 6.45) is 4.76. The summed E-state index contributed by atoms with van der Waals surface area (Å²) in [5.74, 6) is 0. The average molecular weight is 262 g/mol. The van der Waals surface area contributed by atoms with Gasteiger partial charge < -0.3 is 4.79 Å². The van der Waals surface area contributed by atoms with Gasteiger partial charge >= 0.3 is 0 Å². The Morgan fingerprint density at radius 1 is 0.800 bits per heavy atom. The highest BCUT2D eigenvalue weighted by molar-refractivity contribution is 6.02. The summed E-state index contributed by atoms with van der Waals surface area (Å²) < 4.78 is 0. The number of carbonyl (C=O) groups excluding carboxylic acids is 1. The maximum atomic E-state index is 10.4. The first-order valence-electron chi connectivity index (χ1n) is 7.23. The highest BCUT2D eigenvalue weighted by Crippen LogP contribution is 2.29. The van der Waals surface area contributed by atoms with Crippen LogP contribution in [0.5, 0.6) is 0 Å². The van der Waals surface area contributed by atoms with Crippen LogP contribution < -0.4 is 0 Å². The summed E-state index contributed by atoms with van der Waals surface area (Å²) in [7, 11) is 0. The first-order valence-corrected chi connectivity index (χ1v) is 7.23. The standard InChI is InChI=1S/C19H18O/c20-13-7-1-2-12-19-17-10-5-3-8-15(17)14-16-9-4-6-11-18(16)19/h3-6,8-11,13-14H,1-2,7,12H2. The minimum Gasteiger partial charge on any atom is -0.303 e. The Morgan fingerprint density at radius 2 is 1.40 bits per heavy atom. The van der Waals surface area contributed by atoms with Gasteiger partial charge in [-0.15, -0.1) is 0 Å². The van der Waals surface area contributed by atoms with Gasteiger partial charge in [0.15, 0.2) is 0 Å². The second-order valence-corrected chi connectivity index (χ2v) is 5.21. The lowest BCUT2D eigenvalue weighted by molar-refractivity contribution is -0.107. The molecule has 0 aromatic heterocycles. The monoisotopic (exact) mass is 262 g/mol. The zero-order valence-corrected chi connectivity index (χ0v) is 11.5. The van der Waals surface area contributed by atoms with Crippen molar-refractivity contribution in [1.82, 2.24) is 0 Å². The molecule has 0 amide bonds. The fraction of sp³-hybridized carbons (Fsp3) is 0.211. The molecule has 20 heavy (non-hydrogen) atoms. The molecule has 0 atom stereocenters. The zero-order chi connectivity index (χ0) is 13.8. The molecule has 0 aliphatic carbocycles. The summed E-state index contributed by atoms with van der Waals surface area (Å²) in [6, 6.07) is 19.4. The van der Waals surface area contributed by atoms with E-state index < -0.39 is 0 Å². The molecule has 3 rings (SSSR count). The highest BCUT2D eigenvalue weighted by atomic mass is 16.1. The van der Waals surface area contributed by atoms with Gasteiger partial charge in [-0.2, -0.15) is 0 Å². The lowest BCUT2D eigenvalue weighted by atomic mass is 9.93. The first-order chi connectivity index (χ1) is 9.90. The van der Waals surface area contributed by atoms with Gasteiger partial charge in [0.1, 0.15) is 6.29 Å². The molecule has 1 nitrogen and oxygen atoms in total. The molecule has 0 N–H and O–H groups in total. The van der Waals surface area contributed by atoms with Crippen LogP contribution in [0.1, 0.15) is 24.8 Å². The van der Waals surface area contributed by atoms with Crippen molar-refractivity contribution in [2.45, 2.75) is 25.7 Å². The SMILES string of the molecule is O=CCCCCc1c2ccccc2cc2ccccc12. The number of hydrogen-bond donors (Lipinski definition) is 0. The van der Waals surface area contributed by atoms with Crippen LogP contribution in [-0.4, -0.2) is 6.29 Å². The maximum absolute atomic E-state index is 10.4. The Hall–Kier alpha value is -2.15. The average Bonchev–Trinajstić information content (AvgIpc) is 2.50. The van der Waals surface area contributed by atoms with Crippen molar-refractivity contribution in [1.29, 1.82) is 0 Å². The quantitative estimate of drug-likeness (QED) is 0.363. The van der Waals surface area contributed by atoms with Crippen molar-refractivity contribution in [3.63, 3.8) is 0 Å². The Kier molecular flexibility index (Phi) is 3.78. The Bertz CT molecular complexity index is 689. The van der Waals surface area contributed by atoms with E-state index in [1.54, 1.807) is 0 Å². The molecule has 0 spiro atoms.